The Hall–Kier alpha value is -1.06. The Morgan fingerprint density at radius 3 is 2.44 bits per heavy atom. The highest BCUT2D eigenvalue weighted by atomic mass is 16.5. The number of aliphatic hydroxyl groups excluding tert-OH is 1. The average Bonchev–Trinajstić information content (AvgIpc) is 2.28. The first kappa shape index (κ1) is 13.0. The summed E-state index contributed by atoms with van der Waals surface area (Å²) in [6, 6.07) is 6.24. The van der Waals surface area contributed by atoms with Crippen molar-refractivity contribution in [3.63, 3.8) is 0 Å². The Bertz CT molecular complexity index is 301. The van der Waals surface area contributed by atoms with Gasteiger partial charge >= 0.3 is 0 Å². The van der Waals surface area contributed by atoms with Gasteiger partial charge in [-0.2, -0.15) is 0 Å². The van der Waals surface area contributed by atoms with Gasteiger partial charge in [-0.3, -0.25) is 0 Å². The first-order valence-corrected chi connectivity index (χ1v) is 5.66. The van der Waals surface area contributed by atoms with E-state index in [2.05, 4.69) is 5.32 Å². The molecule has 0 aromatic heterocycles. The van der Waals surface area contributed by atoms with Crippen LogP contribution in [0.15, 0.2) is 18.2 Å². The molecule has 1 unspecified atom stereocenters. The molecule has 0 radical (unpaired) electrons. The van der Waals surface area contributed by atoms with Crippen LogP contribution in [0.2, 0.25) is 0 Å². The normalized spacial score (nSPS) is 12.5. The summed E-state index contributed by atoms with van der Waals surface area (Å²) in [6.07, 6.45) is 0.806. The summed E-state index contributed by atoms with van der Waals surface area (Å²) in [5, 5.41) is 12.1. The maximum absolute atomic E-state index is 9.01. The number of hydrogen-bond donors (Lipinski definition) is 2. The Morgan fingerprint density at radius 1 is 1.31 bits per heavy atom. The maximum Gasteiger partial charge on any atom is 0.125 e. The van der Waals surface area contributed by atoms with Crippen LogP contribution in [-0.2, 0) is 0 Å². The monoisotopic (exact) mass is 223 g/mol. The summed E-state index contributed by atoms with van der Waals surface area (Å²) < 4.78 is 5.75. The smallest absolute Gasteiger partial charge is 0.125 e. The van der Waals surface area contributed by atoms with Crippen molar-refractivity contribution >= 4 is 0 Å². The molecule has 16 heavy (non-hydrogen) atoms. The molecule has 0 amide bonds. The van der Waals surface area contributed by atoms with Crippen molar-refractivity contribution in [1.29, 1.82) is 0 Å². The Kier molecular flexibility index (Phi) is 5.29. The van der Waals surface area contributed by atoms with E-state index in [0.29, 0.717) is 6.61 Å². The fourth-order valence-corrected chi connectivity index (χ4v) is 1.66. The van der Waals surface area contributed by atoms with Gasteiger partial charge < -0.3 is 15.2 Å². The van der Waals surface area contributed by atoms with Gasteiger partial charge in [0.05, 0.1) is 13.2 Å². The predicted molar refractivity (Wildman–Crippen MR) is 66.0 cm³/mol. The van der Waals surface area contributed by atoms with Crippen LogP contribution in [-0.4, -0.2) is 31.4 Å². The summed E-state index contributed by atoms with van der Waals surface area (Å²) in [5.74, 6) is 0.968. The second-order valence-corrected chi connectivity index (χ2v) is 4.03. The largest absolute Gasteiger partial charge is 0.493 e. The maximum atomic E-state index is 9.01. The van der Waals surface area contributed by atoms with Gasteiger partial charge in [0.25, 0.3) is 0 Å². The standard InChI is InChI=1S/C13H21NO2/c1-10-5-4-6-11(2)13(10)16-8-7-12(9-15)14-3/h4-6,12,14-15H,7-9H2,1-3H3. The van der Waals surface area contributed by atoms with Crippen molar-refractivity contribution in [3.05, 3.63) is 29.3 Å². The van der Waals surface area contributed by atoms with Crippen molar-refractivity contribution < 1.29 is 9.84 Å². The van der Waals surface area contributed by atoms with E-state index >= 15 is 0 Å². The minimum Gasteiger partial charge on any atom is -0.493 e. The van der Waals surface area contributed by atoms with E-state index in [0.717, 1.165) is 23.3 Å². The Labute approximate surface area is 97.4 Å². The van der Waals surface area contributed by atoms with Gasteiger partial charge in [-0.1, -0.05) is 18.2 Å². The molecule has 1 aromatic rings. The number of para-hydroxylation sites is 1. The molecule has 90 valence electrons. The van der Waals surface area contributed by atoms with Crippen LogP contribution in [0.3, 0.4) is 0 Å². The van der Waals surface area contributed by atoms with Gasteiger partial charge in [0.1, 0.15) is 5.75 Å². The van der Waals surface area contributed by atoms with Crippen molar-refractivity contribution in [3.8, 4) is 5.75 Å². The van der Waals surface area contributed by atoms with Gasteiger partial charge in [-0.15, -0.1) is 0 Å². The summed E-state index contributed by atoms with van der Waals surface area (Å²) in [5.41, 5.74) is 2.31. The molecule has 1 atom stereocenters. The van der Waals surface area contributed by atoms with E-state index in [4.69, 9.17) is 9.84 Å². The molecular formula is C13H21NO2. The average molecular weight is 223 g/mol. The van der Waals surface area contributed by atoms with Crippen molar-refractivity contribution in [2.45, 2.75) is 26.3 Å². The van der Waals surface area contributed by atoms with Crippen LogP contribution in [0.4, 0.5) is 0 Å². The Morgan fingerprint density at radius 2 is 1.94 bits per heavy atom. The summed E-state index contributed by atoms with van der Waals surface area (Å²) in [7, 11) is 1.85. The van der Waals surface area contributed by atoms with Gasteiger partial charge in [0, 0.05) is 6.04 Å². The van der Waals surface area contributed by atoms with Crippen LogP contribution in [0.25, 0.3) is 0 Å². The van der Waals surface area contributed by atoms with Crippen molar-refractivity contribution in [1.82, 2.24) is 5.32 Å². The molecule has 0 saturated carbocycles. The molecule has 0 aliphatic rings. The summed E-state index contributed by atoms with van der Waals surface area (Å²) >= 11 is 0. The second-order valence-electron chi connectivity index (χ2n) is 4.03. The lowest BCUT2D eigenvalue weighted by Gasteiger charge is -2.15. The molecule has 0 spiro atoms. The number of benzene rings is 1. The van der Waals surface area contributed by atoms with Crippen molar-refractivity contribution in [2.24, 2.45) is 0 Å². The number of ether oxygens (including phenoxy) is 1. The number of hydrogen-bond acceptors (Lipinski definition) is 3. The number of likely N-dealkylation sites (N-methyl/N-ethyl adjacent to an activating group) is 1. The molecular weight excluding hydrogens is 202 g/mol. The topological polar surface area (TPSA) is 41.5 Å². The van der Waals surface area contributed by atoms with E-state index in [-0.39, 0.29) is 12.6 Å². The highest BCUT2D eigenvalue weighted by Crippen LogP contribution is 2.22. The van der Waals surface area contributed by atoms with Crippen molar-refractivity contribution in [2.75, 3.05) is 20.3 Å². The lowest BCUT2D eigenvalue weighted by Crippen LogP contribution is -2.30. The van der Waals surface area contributed by atoms with Gasteiger partial charge in [0.15, 0.2) is 0 Å². The van der Waals surface area contributed by atoms with Gasteiger partial charge in [-0.05, 0) is 38.4 Å². The zero-order chi connectivity index (χ0) is 12.0. The van der Waals surface area contributed by atoms with E-state index in [9.17, 15) is 0 Å². The SMILES string of the molecule is CNC(CO)CCOc1c(C)cccc1C. The molecule has 0 heterocycles. The fourth-order valence-electron chi connectivity index (χ4n) is 1.66. The highest BCUT2D eigenvalue weighted by Gasteiger charge is 2.06. The third-order valence-electron chi connectivity index (χ3n) is 2.75. The highest BCUT2D eigenvalue weighted by molar-refractivity contribution is 5.39. The van der Waals surface area contributed by atoms with Crippen LogP contribution in [0.1, 0.15) is 17.5 Å². The summed E-state index contributed by atoms with van der Waals surface area (Å²) in [4.78, 5) is 0. The molecule has 1 rings (SSSR count). The minimum absolute atomic E-state index is 0.115. The third-order valence-corrected chi connectivity index (χ3v) is 2.75. The quantitative estimate of drug-likeness (QED) is 0.770. The number of aryl methyl sites for hydroxylation is 2. The van der Waals surface area contributed by atoms with E-state index < -0.39 is 0 Å². The molecule has 3 heteroatoms. The zero-order valence-corrected chi connectivity index (χ0v) is 10.3. The van der Waals surface area contributed by atoms with Crippen LogP contribution in [0, 0.1) is 13.8 Å². The molecule has 2 N–H and O–H groups in total. The third kappa shape index (κ3) is 3.51. The summed E-state index contributed by atoms with van der Waals surface area (Å²) in [6.45, 7) is 4.86. The molecule has 0 fully saturated rings. The lowest BCUT2D eigenvalue weighted by molar-refractivity contribution is 0.213. The second kappa shape index (κ2) is 6.51. The fraction of sp³-hybridized carbons (Fsp3) is 0.538. The number of nitrogens with one attached hydrogen (secondary N) is 1. The molecule has 1 aromatic carbocycles. The van der Waals surface area contributed by atoms with Crippen LogP contribution < -0.4 is 10.1 Å². The lowest BCUT2D eigenvalue weighted by atomic mass is 10.1. The van der Waals surface area contributed by atoms with E-state index in [1.54, 1.807) is 0 Å². The molecule has 0 aliphatic heterocycles. The van der Waals surface area contributed by atoms with Gasteiger partial charge in [0.2, 0.25) is 0 Å². The molecule has 0 aliphatic carbocycles. The molecule has 0 saturated heterocycles. The first-order chi connectivity index (χ1) is 7.69. The zero-order valence-electron chi connectivity index (χ0n) is 10.3. The van der Waals surface area contributed by atoms with E-state index in [1.807, 2.05) is 39.1 Å². The first-order valence-electron chi connectivity index (χ1n) is 5.66. The minimum atomic E-state index is 0.115. The Balaban J connectivity index is 2.48. The molecule has 3 nitrogen and oxygen atoms in total. The number of rotatable bonds is 6. The van der Waals surface area contributed by atoms with E-state index in [1.165, 1.54) is 0 Å². The predicted octanol–water partition coefficient (Wildman–Crippen LogP) is 1.65. The molecule has 0 bridgehead atoms. The van der Waals surface area contributed by atoms with Crippen LogP contribution in [0.5, 0.6) is 5.75 Å². The van der Waals surface area contributed by atoms with Crippen LogP contribution >= 0.6 is 0 Å². The number of aliphatic hydroxyl groups is 1. The van der Waals surface area contributed by atoms with Gasteiger partial charge in [-0.25, -0.2) is 0 Å².